The van der Waals surface area contributed by atoms with Crippen LogP contribution in [0.1, 0.15) is 30.1 Å². The number of carbonyl (C=O) groups is 2. The van der Waals surface area contributed by atoms with E-state index in [0.29, 0.717) is 18.4 Å². The summed E-state index contributed by atoms with van der Waals surface area (Å²) in [4.78, 5) is 23.5. The summed E-state index contributed by atoms with van der Waals surface area (Å²) in [6.07, 6.45) is 2.64. The fourth-order valence-corrected chi connectivity index (χ4v) is 1.62. The SMILES string of the molecule is CSc1ccc(C(=O)CCC(C)=O)cc1. The summed E-state index contributed by atoms with van der Waals surface area (Å²) >= 11 is 1.64. The van der Waals surface area contributed by atoms with E-state index in [1.54, 1.807) is 11.8 Å². The van der Waals surface area contributed by atoms with Crippen molar-refractivity contribution < 1.29 is 9.59 Å². The van der Waals surface area contributed by atoms with Crippen molar-refractivity contribution in [3.8, 4) is 0 Å². The number of thioether (sulfide) groups is 1. The van der Waals surface area contributed by atoms with E-state index in [1.165, 1.54) is 6.92 Å². The van der Waals surface area contributed by atoms with Crippen LogP contribution in [0.5, 0.6) is 0 Å². The van der Waals surface area contributed by atoms with Gasteiger partial charge >= 0.3 is 0 Å². The van der Waals surface area contributed by atoms with Gasteiger partial charge in [0.05, 0.1) is 0 Å². The van der Waals surface area contributed by atoms with Crippen molar-refractivity contribution in [2.24, 2.45) is 0 Å². The molecule has 0 amide bonds. The first-order valence-electron chi connectivity index (χ1n) is 4.80. The van der Waals surface area contributed by atoms with Crippen LogP contribution in [-0.4, -0.2) is 17.8 Å². The van der Waals surface area contributed by atoms with Crippen molar-refractivity contribution in [2.45, 2.75) is 24.7 Å². The summed E-state index contributed by atoms with van der Waals surface area (Å²) in [5.41, 5.74) is 0.689. The second kappa shape index (κ2) is 5.71. The van der Waals surface area contributed by atoms with Crippen LogP contribution in [0.4, 0.5) is 0 Å². The molecule has 0 saturated heterocycles. The van der Waals surface area contributed by atoms with Crippen molar-refractivity contribution in [3.63, 3.8) is 0 Å². The monoisotopic (exact) mass is 222 g/mol. The topological polar surface area (TPSA) is 34.1 Å². The zero-order valence-corrected chi connectivity index (χ0v) is 9.76. The normalized spacial score (nSPS) is 10.0. The zero-order chi connectivity index (χ0) is 11.3. The maximum absolute atomic E-state index is 11.6. The van der Waals surface area contributed by atoms with Crippen LogP contribution in [0.3, 0.4) is 0 Å². The number of benzene rings is 1. The summed E-state index contributed by atoms with van der Waals surface area (Å²) < 4.78 is 0. The predicted molar refractivity (Wildman–Crippen MR) is 62.5 cm³/mol. The molecule has 0 atom stereocenters. The van der Waals surface area contributed by atoms with E-state index in [4.69, 9.17) is 0 Å². The Bertz CT molecular complexity index is 354. The second-order valence-electron chi connectivity index (χ2n) is 3.35. The molecule has 0 aromatic heterocycles. The summed E-state index contributed by atoms with van der Waals surface area (Å²) in [6, 6.07) is 7.47. The number of hydrogen-bond acceptors (Lipinski definition) is 3. The van der Waals surface area contributed by atoms with Gasteiger partial charge < -0.3 is 4.79 Å². The number of ketones is 2. The smallest absolute Gasteiger partial charge is 0.163 e. The number of Topliss-reactive ketones (excluding diaryl/α,β-unsaturated/α-hetero) is 2. The zero-order valence-electron chi connectivity index (χ0n) is 8.95. The third kappa shape index (κ3) is 3.88. The van der Waals surface area contributed by atoms with Crippen molar-refractivity contribution in [2.75, 3.05) is 6.26 Å². The minimum absolute atomic E-state index is 0.0397. The Morgan fingerprint density at radius 3 is 2.20 bits per heavy atom. The van der Waals surface area contributed by atoms with Crippen LogP contribution in [0.15, 0.2) is 29.2 Å². The Kier molecular flexibility index (Phi) is 4.56. The van der Waals surface area contributed by atoms with Gasteiger partial charge in [0.2, 0.25) is 0 Å². The first-order chi connectivity index (χ1) is 7.13. The Hall–Kier alpha value is -1.09. The average Bonchev–Trinajstić information content (AvgIpc) is 2.26. The Morgan fingerprint density at radius 2 is 1.73 bits per heavy atom. The highest BCUT2D eigenvalue weighted by Crippen LogP contribution is 2.16. The Morgan fingerprint density at radius 1 is 1.13 bits per heavy atom. The average molecular weight is 222 g/mol. The molecular formula is C12H14O2S. The fourth-order valence-electron chi connectivity index (χ4n) is 1.21. The lowest BCUT2D eigenvalue weighted by molar-refractivity contribution is -0.116. The summed E-state index contributed by atoms with van der Waals surface area (Å²) in [6.45, 7) is 1.50. The van der Waals surface area contributed by atoms with Crippen LogP contribution in [-0.2, 0) is 4.79 Å². The lowest BCUT2D eigenvalue weighted by atomic mass is 10.1. The van der Waals surface area contributed by atoms with E-state index >= 15 is 0 Å². The van der Waals surface area contributed by atoms with Gasteiger partial charge in [-0.3, -0.25) is 4.79 Å². The number of rotatable bonds is 5. The van der Waals surface area contributed by atoms with Crippen LogP contribution < -0.4 is 0 Å². The van der Waals surface area contributed by atoms with E-state index in [2.05, 4.69) is 0 Å². The van der Waals surface area contributed by atoms with Crippen LogP contribution >= 0.6 is 11.8 Å². The van der Waals surface area contributed by atoms with E-state index in [0.717, 1.165) is 4.90 Å². The molecule has 0 bridgehead atoms. The molecule has 0 aliphatic heterocycles. The summed E-state index contributed by atoms with van der Waals surface area (Å²) in [5.74, 6) is 0.0990. The van der Waals surface area contributed by atoms with Crippen molar-refractivity contribution in [1.82, 2.24) is 0 Å². The van der Waals surface area contributed by atoms with E-state index < -0.39 is 0 Å². The first-order valence-corrected chi connectivity index (χ1v) is 6.02. The van der Waals surface area contributed by atoms with Gasteiger partial charge in [-0.25, -0.2) is 0 Å². The molecule has 1 rings (SSSR count). The maximum atomic E-state index is 11.6. The molecule has 0 aliphatic carbocycles. The molecule has 1 aromatic rings. The highest BCUT2D eigenvalue weighted by atomic mass is 32.2. The van der Waals surface area contributed by atoms with Gasteiger partial charge in [0.15, 0.2) is 5.78 Å². The van der Waals surface area contributed by atoms with Gasteiger partial charge in [0.1, 0.15) is 5.78 Å². The molecule has 0 radical (unpaired) electrons. The van der Waals surface area contributed by atoms with Crippen LogP contribution in [0.25, 0.3) is 0 Å². The molecule has 0 aliphatic rings. The lowest BCUT2D eigenvalue weighted by Gasteiger charge is -2.00. The molecular weight excluding hydrogens is 208 g/mol. The van der Waals surface area contributed by atoms with Crippen molar-refractivity contribution >= 4 is 23.3 Å². The van der Waals surface area contributed by atoms with Crippen LogP contribution in [0.2, 0.25) is 0 Å². The fraction of sp³-hybridized carbons (Fsp3) is 0.333. The Labute approximate surface area is 94.1 Å². The van der Waals surface area contributed by atoms with E-state index in [9.17, 15) is 9.59 Å². The molecule has 0 unspecified atom stereocenters. The van der Waals surface area contributed by atoms with Gasteiger partial charge in [-0.2, -0.15) is 0 Å². The molecule has 80 valence electrons. The molecule has 0 fully saturated rings. The van der Waals surface area contributed by atoms with Crippen molar-refractivity contribution in [3.05, 3.63) is 29.8 Å². The molecule has 0 saturated carbocycles. The van der Waals surface area contributed by atoms with Crippen LogP contribution in [0, 0.1) is 0 Å². The third-order valence-corrected chi connectivity index (χ3v) is 2.86. The lowest BCUT2D eigenvalue weighted by Crippen LogP contribution is -2.01. The molecule has 2 nitrogen and oxygen atoms in total. The molecule has 0 heterocycles. The molecule has 15 heavy (non-hydrogen) atoms. The van der Waals surface area contributed by atoms with E-state index in [-0.39, 0.29) is 11.6 Å². The van der Waals surface area contributed by atoms with Gasteiger partial charge in [0.25, 0.3) is 0 Å². The first kappa shape index (κ1) is 12.0. The molecule has 0 spiro atoms. The highest BCUT2D eigenvalue weighted by molar-refractivity contribution is 7.98. The predicted octanol–water partition coefficient (Wildman–Crippen LogP) is 2.96. The standard InChI is InChI=1S/C12H14O2S/c1-9(13)3-8-12(14)10-4-6-11(15-2)7-5-10/h4-7H,3,8H2,1-2H3. The molecule has 0 N–H and O–H groups in total. The van der Waals surface area contributed by atoms with E-state index in [1.807, 2.05) is 30.5 Å². The minimum atomic E-state index is 0.0397. The van der Waals surface area contributed by atoms with Gasteiger partial charge in [0, 0.05) is 23.3 Å². The third-order valence-electron chi connectivity index (χ3n) is 2.12. The molecule has 1 aromatic carbocycles. The number of carbonyl (C=O) groups excluding carboxylic acids is 2. The largest absolute Gasteiger partial charge is 0.300 e. The minimum Gasteiger partial charge on any atom is -0.300 e. The van der Waals surface area contributed by atoms with Gasteiger partial charge in [-0.1, -0.05) is 12.1 Å². The quantitative estimate of drug-likeness (QED) is 0.567. The van der Waals surface area contributed by atoms with Crippen molar-refractivity contribution in [1.29, 1.82) is 0 Å². The maximum Gasteiger partial charge on any atom is 0.163 e. The number of hydrogen-bond donors (Lipinski definition) is 0. The molecule has 3 heteroatoms. The van der Waals surface area contributed by atoms with Gasteiger partial charge in [-0.15, -0.1) is 11.8 Å². The summed E-state index contributed by atoms with van der Waals surface area (Å²) in [7, 11) is 0. The summed E-state index contributed by atoms with van der Waals surface area (Å²) in [5, 5.41) is 0. The second-order valence-corrected chi connectivity index (χ2v) is 4.23. The highest BCUT2D eigenvalue weighted by Gasteiger charge is 2.06. The Balaban J connectivity index is 2.62. The van der Waals surface area contributed by atoms with Gasteiger partial charge in [-0.05, 0) is 25.3 Å².